The number of hydrogen-bond acceptors (Lipinski definition) is 6. The van der Waals surface area contributed by atoms with Gasteiger partial charge in [-0.1, -0.05) is 0 Å². The summed E-state index contributed by atoms with van der Waals surface area (Å²) in [5.41, 5.74) is 5.53. The molecule has 158 valence electrons. The molecule has 0 aliphatic rings. The second-order valence-electron chi connectivity index (χ2n) is 6.16. The van der Waals surface area contributed by atoms with Gasteiger partial charge in [-0.3, -0.25) is 14.4 Å². The van der Waals surface area contributed by atoms with E-state index in [1.54, 1.807) is 0 Å². The van der Waals surface area contributed by atoms with Crippen molar-refractivity contribution in [3.63, 3.8) is 0 Å². The summed E-state index contributed by atoms with van der Waals surface area (Å²) in [5.74, 6) is -2.54. The van der Waals surface area contributed by atoms with Crippen molar-refractivity contribution in [3.05, 3.63) is 59.9 Å². The van der Waals surface area contributed by atoms with Gasteiger partial charge in [0, 0.05) is 12.7 Å². The van der Waals surface area contributed by atoms with Crippen LogP contribution in [0.2, 0.25) is 0 Å². The number of benzene rings is 2. The maximum Gasteiger partial charge on any atom is 0.338 e. The Bertz CT molecular complexity index is 915. The van der Waals surface area contributed by atoms with Gasteiger partial charge in [-0.15, -0.1) is 0 Å². The van der Waals surface area contributed by atoms with Gasteiger partial charge < -0.3 is 25.4 Å². The minimum Gasteiger partial charge on any atom is -0.484 e. The van der Waals surface area contributed by atoms with Gasteiger partial charge in [0.2, 0.25) is 5.91 Å². The van der Waals surface area contributed by atoms with Crippen LogP contribution >= 0.6 is 0 Å². The van der Waals surface area contributed by atoms with Gasteiger partial charge in [0.15, 0.2) is 13.2 Å². The van der Waals surface area contributed by atoms with E-state index in [1.807, 2.05) is 0 Å². The number of amides is 3. The second-order valence-corrected chi connectivity index (χ2v) is 6.16. The second kappa shape index (κ2) is 10.6. The molecule has 0 radical (unpaired) electrons. The fourth-order valence-electron chi connectivity index (χ4n) is 2.20. The third-order valence-electron chi connectivity index (χ3n) is 3.73. The number of esters is 1. The number of nitrogens with zero attached hydrogens (tertiary/aromatic N) is 1. The molecule has 0 aromatic heterocycles. The Morgan fingerprint density at radius 2 is 1.63 bits per heavy atom. The lowest BCUT2D eigenvalue weighted by molar-refractivity contribution is -0.136. The molecule has 9 nitrogen and oxygen atoms in total. The van der Waals surface area contributed by atoms with E-state index < -0.39 is 36.1 Å². The summed E-state index contributed by atoms with van der Waals surface area (Å²) in [7, 11) is 1.38. The molecule has 0 saturated heterocycles. The van der Waals surface area contributed by atoms with Gasteiger partial charge in [0.05, 0.1) is 12.1 Å². The highest BCUT2D eigenvalue weighted by Crippen LogP contribution is 2.13. The Morgan fingerprint density at radius 3 is 2.23 bits per heavy atom. The van der Waals surface area contributed by atoms with Crippen molar-refractivity contribution in [1.82, 2.24) is 4.90 Å². The van der Waals surface area contributed by atoms with E-state index in [9.17, 15) is 23.6 Å². The fourth-order valence-corrected chi connectivity index (χ4v) is 2.20. The van der Waals surface area contributed by atoms with E-state index in [1.165, 1.54) is 55.6 Å². The lowest BCUT2D eigenvalue weighted by atomic mass is 10.2. The molecular weight excluding hydrogens is 397 g/mol. The van der Waals surface area contributed by atoms with Crippen molar-refractivity contribution >= 4 is 29.4 Å². The van der Waals surface area contributed by atoms with Gasteiger partial charge in [0.1, 0.15) is 11.6 Å². The molecule has 0 unspecified atom stereocenters. The highest BCUT2D eigenvalue weighted by molar-refractivity contribution is 5.95. The highest BCUT2D eigenvalue weighted by atomic mass is 19.1. The van der Waals surface area contributed by atoms with Crippen LogP contribution in [0.5, 0.6) is 5.75 Å². The SMILES string of the molecule is CN(CC(=O)Nc1ccc(F)cc1)C(=O)COC(=O)c1ccc(OCC(N)=O)cc1. The quantitative estimate of drug-likeness (QED) is 0.585. The minimum absolute atomic E-state index is 0.172. The fraction of sp³-hybridized carbons (Fsp3) is 0.200. The van der Waals surface area contributed by atoms with Crippen LogP contribution in [0.1, 0.15) is 10.4 Å². The van der Waals surface area contributed by atoms with Crippen molar-refractivity contribution < 1.29 is 33.0 Å². The van der Waals surface area contributed by atoms with Crippen LogP contribution in [0, 0.1) is 5.82 Å². The summed E-state index contributed by atoms with van der Waals surface area (Å²) in [4.78, 5) is 47.8. The molecule has 0 aliphatic carbocycles. The van der Waals surface area contributed by atoms with Crippen molar-refractivity contribution in [2.24, 2.45) is 5.73 Å². The molecular formula is C20H20FN3O6. The first-order chi connectivity index (χ1) is 14.2. The zero-order chi connectivity index (χ0) is 22.1. The predicted octanol–water partition coefficient (Wildman–Crippen LogP) is 0.944. The molecule has 0 atom stereocenters. The highest BCUT2D eigenvalue weighted by Gasteiger charge is 2.16. The lowest BCUT2D eigenvalue weighted by Crippen LogP contribution is -2.37. The van der Waals surface area contributed by atoms with Crippen molar-refractivity contribution in [1.29, 1.82) is 0 Å². The molecule has 2 aromatic carbocycles. The number of likely N-dealkylation sites (N-methyl/N-ethyl adjacent to an activating group) is 1. The smallest absolute Gasteiger partial charge is 0.338 e. The summed E-state index contributed by atoms with van der Waals surface area (Å²) >= 11 is 0. The molecule has 0 aliphatic heterocycles. The molecule has 0 spiro atoms. The zero-order valence-electron chi connectivity index (χ0n) is 16.1. The minimum atomic E-state index is -0.742. The average molecular weight is 417 g/mol. The Morgan fingerprint density at radius 1 is 1.00 bits per heavy atom. The third-order valence-corrected chi connectivity index (χ3v) is 3.73. The maximum absolute atomic E-state index is 12.9. The van der Waals surface area contributed by atoms with E-state index in [4.69, 9.17) is 15.2 Å². The maximum atomic E-state index is 12.9. The number of anilines is 1. The van der Waals surface area contributed by atoms with E-state index >= 15 is 0 Å². The number of hydrogen-bond donors (Lipinski definition) is 2. The molecule has 0 heterocycles. The van der Waals surface area contributed by atoms with E-state index in [2.05, 4.69) is 5.32 Å². The normalized spacial score (nSPS) is 10.1. The Hall–Kier alpha value is -3.95. The van der Waals surface area contributed by atoms with Crippen LogP contribution in [0.4, 0.5) is 10.1 Å². The lowest BCUT2D eigenvalue weighted by Gasteiger charge is -2.16. The summed E-state index contributed by atoms with van der Waals surface area (Å²) < 4.78 is 22.9. The molecule has 2 aromatic rings. The molecule has 0 bridgehead atoms. The van der Waals surface area contributed by atoms with Gasteiger partial charge >= 0.3 is 5.97 Å². The van der Waals surface area contributed by atoms with Crippen LogP contribution < -0.4 is 15.8 Å². The first-order valence-electron chi connectivity index (χ1n) is 8.72. The number of ether oxygens (including phenoxy) is 2. The molecule has 3 N–H and O–H groups in total. The third kappa shape index (κ3) is 7.23. The van der Waals surface area contributed by atoms with Crippen LogP contribution in [0.3, 0.4) is 0 Å². The largest absolute Gasteiger partial charge is 0.484 e. The van der Waals surface area contributed by atoms with E-state index in [0.29, 0.717) is 11.4 Å². The van der Waals surface area contributed by atoms with Crippen LogP contribution in [-0.4, -0.2) is 55.4 Å². The zero-order valence-corrected chi connectivity index (χ0v) is 16.1. The van der Waals surface area contributed by atoms with Crippen molar-refractivity contribution in [2.45, 2.75) is 0 Å². The van der Waals surface area contributed by atoms with Crippen LogP contribution in [0.15, 0.2) is 48.5 Å². The van der Waals surface area contributed by atoms with Gasteiger partial charge in [-0.25, -0.2) is 9.18 Å². The number of rotatable bonds is 9. The topological polar surface area (TPSA) is 128 Å². The van der Waals surface area contributed by atoms with Gasteiger partial charge in [-0.2, -0.15) is 0 Å². The van der Waals surface area contributed by atoms with Crippen LogP contribution in [-0.2, 0) is 19.1 Å². The molecule has 30 heavy (non-hydrogen) atoms. The van der Waals surface area contributed by atoms with Crippen molar-refractivity contribution in [3.8, 4) is 5.75 Å². The first kappa shape index (κ1) is 22.3. The Balaban J connectivity index is 1.78. The number of primary amides is 1. The number of carbonyl (C=O) groups is 4. The summed E-state index contributed by atoms with van der Waals surface area (Å²) in [5, 5.41) is 2.52. The monoisotopic (exact) mass is 417 g/mol. The number of carbonyl (C=O) groups excluding carboxylic acids is 4. The molecule has 0 saturated carbocycles. The van der Waals surface area contributed by atoms with Gasteiger partial charge in [-0.05, 0) is 48.5 Å². The number of nitrogens with two attached hydrogens (primary N) is 1. The van der Waals surface area contributed by atoms with E-state index in [0.717, 1.165) is 4.90 Å². The average Bonchev–Trinajstić information content (AvgIpc) is 2.72. The molecule has 2 rings (SSSR count). The predicted molar refractivity (Wildman–Crippen MR) is 104 cm³/mol. The molecule has 0 fully saturated rings. The molecule has 10 heteroatoms. The van der Waals surface area contributed by atoms with Gasteiger partial charge in [0.25, 0.3) is 11.8 Å². The van der Waals surface area contributed by atoms with E-state index in [-0.39, 0.29) is 18.7 Å². The summed E-state index contributed by atoms with van der Waals surface area (Å²) in [6.45, 7) is -1.13. The Labute approximate surface area is 171 Å². The summed E-state index contributed by atoms with van der Waals surface area (Å²) in [6, 6.07) is 10.9. The number of halogens is 1. The van der Waals surface area contributed by atoms with Crippen molar-refractivity contribution in [2.75, 3.05) is 32.1 Å². The van der Waals surface area contributed by atoms with Crippen LogP contribution in [0.25, 0.3) is 0 Å². The first-order valence-corrected chi connectivity index (χ1v) is 8.72. The standard InChI is InChI=1S/C20H20FN3O6/c1-24(10-18(26)23-15-6-4-14(21)5-7-15)19(27)12-30-20(28)13-2-8-16(9-3-13)29-11-17(22)25/h2-9H,10-12H2,1H3,(H2,22,25)(H,23,26). The Kier molecular flexibility index (Phi) is 7.86. The molecule has 3 amide bonds. The summed E-state index contributed by atoms with van der Waals surface area (Å²) in [6.07, 6.45) is 0. The number of nitrogens with one attached hydrogen (secondary N) is 1.